The summed E-state index contributed by atoms with van der Waals surface area (Å²) in [5, 5.41) is 3.13. The zero-order valence-electron chi connectivity index (χ0n) is 11.4. The topological polar surface area (TPSA) is 34.0 Å². The highest BCUT2D eigenvalue weighted by Gasteiger charge is 2.28. The maximum absolute atomic E-state index is 12.3. The van der Waals surface area contributed by atoms with Gasteiger partial charge in [-0.15, -0.1) is 0 Å². The third kappa shape index (κ3) is 2.88. The van der Waals surface area contributed by atoms with Gasteiger partial charge in [0.25, 0.3) is 5.91 Å². The van der Waals surface area contributed by atoms with E-state index in [2.05, 4.69) is 32.7 Å². The molecule has 0 radical (unpaired) electrons. The molecule has 2 saturated carbocycles. The second-order valence-corrected chi connectivity index (χ2v) is 6.98. The highest BCUT2D eigenvalue weighted by Crippen LogP contribution is 2.37. The lowest BCUT2D eigenvalue weighted by Gasteiger charge is -2.16. The first-order chi connectivity index (χ1) is 9.15. The number of rotatable bonds is 4. The number of carbonyl (C=O) groups excluding carboxylic acids is 1. The molecule has 0 spiro atoms. The molecular weight excluding hydrogens is 304 g/mol. The lowest BCUT2D eigenvalue weighted by atomic mass is 9.98. The van der Waals surface area contributed by atoms with E-state index in [9.17, 15) is 4.79 Å². The Bertz CT molecular complexity index is 478. The van der Waals surface area contributed by atoms with E-state index in [1.807, 2.05) is 12.3 Å². The van der Waals surface area contributed by atoms with Gasteiger partial charge in [-0.2, -0.15) is 0 Å². The Balaban J connectivity index is 1.63. The van der Waals surface area contributed by atoms with Crippen molar-refractivity contribution in [2.75, 3.05) is 6.54 Å². The normalized spacial score (nSPS) is 26.6. The molecule has 1 amide bonds. The SMILES string of the molecule is CC1CCCC1CNC(=O)c1cc(Br)cn1C1CC1. The van der Waals surface area contributed by atoms with E-state index < -0.39 is 0 Å². The van der Waals surface area contributed by atoms with Crippen molar-refractivity contribution in [3.63, 3.8) is 0 Å². The maximum atomic E-state index is 12.3. The number of aromatic nitrogens is 1. The molecule has 0 bridgehead atoms. The number of nitrogens with one attached hydrogen (secondary N) is 1. The fourth-order valence-corrected chi connectivity index (χ4v) is 3.56. The Morgan fingerprint density at radius 1 is 1.42 bits per heavy atom. The Labute approximate surface area is 122 Å². The van der Waals surface area contributed by atoms with Crippen molar-refractivity contribution in [1.82, 2.24) is 9.88 Å². The van der Waals surface area contributed by atoms with Crippen molar-refractivity contribution in [2.24, 2.45) is 11.8 Å². The zero-order valence-corrected chi connectivity index (χ0v) is 12.9. The highest BCUT2D eigenvalue weighted by atomic mass is 79.9. The molecule has 1 N–H and O–H groups in total. The summed E-state index contributed by atoms with van der Waals surface area (Å²) in [6.45, 7) is 3.13. The molecule has 0 aromatic carbocycles. The molecule has 2 aliphatic rings. The molecule has 1 aromatic heterocycles. The quantitative estimate of drug-likeness (QED) is 0.899. The van der Waals surface area contributed by atoms with Gasteiger partial charge >= 0.3 is 0 Å². The van der Waals surface area contributed by atoms with Crippen LogP contribution in [0, 0.1) is 11.8 Å². The number of hydrogen-bond donors (Lipinski definition) is 1. The number of amides is 1. The molecule has 0 aliphatic heterocycles. The van der Waals surface area contributed by atoms with Crippen LogP contribution in [0.5, 0.6) is 0 Å². The molecule has 3 nitrogen and oxygen atoms in total. The van der Waals surface area contributed by atoms with Crippen LogP contribution >= 0.6 is 15.9 Å². The summed E-state index contributed by atoms with van der Waals surface area (Å²) in [6.07, 6.45) is 8.30. The summed E-state index contributed by atoms with van der Waals surface area (Å²) < 4.78 is 3.12. The van der Waals surface area contributed by atoms with Crippen LogP contribution in [-0.2, 0) is 0 Å². The Hall–Kier alpha value is -0.770. The van der Waals surface area contributed by atoms with Crippen molar-refractivity contribution in [3.05, 3.63) is 22.4 Å². The average Bonchev–Trinajstić information content (AvgIpc) is 3.04. The molecule has 2 aliphatic carbocycles. The van der Waals surface area contributed by atoms with E-state index >= 15 is 0 Å². The third-order valence-electron chi connectivity index (χ3n) is 4.55. The molecule has 1 aromatic rings. The van der Waals surface area contributed by atoms with Gasteiger partial charge in [0.2, 0.25) is 0 Å². The molecule has 2 atom stereocenters. The van der Waals surface area contributed by atoms with E-state index in [0.717, 1.165) is 22.6 Å². The summed E-state index contributed by atoms with van der Waals surface area (Å²) in [4.78, 5) is 12.3. The second kappa shape index (κ2) is 5.31. The Morgan fingerprint density at radius 2 is 2.21 bits per heavy atom. The maximum Gasteiger partial charge on any atom is 0.267 e. The van der Waals surface area contributed by atoms with Gasteiger partial charge in [-0.3, -0.25) is 4.79 Å². The fourth-order valence-electron chi connectivity index (χ4n) is 3.12. The summed E-state index contributed by atoms with van der Waals surface area (Å²) in [5.74, 6) is 1.50. The van der Waals surface area contributed by atoms with Crippen LogP contribution < -0.4 is 5.32 Å². The van der Waals surface area contributed by atoms with Crippen LogP contribution in [-0.4, -0.2) is 17.0 Å². The van der Waals surface area contributed by atoms with Gasteiger partial charge in [0.1, 0.15) is 5.69 Å². The highest BCUT2D eigenvalue weighted by molar-refractivity contribution is 9.10. The van der Waals surface area contributed by atoms with Crippen LogP contribution in [0.3, 0.4) is 0 Å². The molecular formula is C15H21BrN2O. The molecule has 2 unspecified atom stereocenters. The molecule has 1 heterocycles. The molecule has 0 saturated heterocycles. The molecule has 3 rings (SSSR count). The summed E-state index contributed by atoms with van der Waals surface area (Å²) in [6, 6.07) is 2.48. The first-order valence-corrected chi connectivity index (χ1v) is 8.10. The van der Waals surface area contributed by atoms with Gasteiger partial charge in [-0.1, -0.05) is 19.8 Å². The van der Waals surface area contributed by atoms with Crippen LogP contribution in [0.2, 0.25) is 0 Å². The van der Waals surface area contributed by atoms with Crippen molar-refractivity contribution in [2.45, 2.75) is 45.1 Å². The van der Waals surface area contributed by atoms with Crippen molar-refractivity contribution in [3.8, 4) is 0 Å². The lowest BCUT2D eigenvalue weighted by Crippen LogP contribution is -2.31. The van der Waals surface area contributed by atoms with E-state index in [1.54, 1.807) is 0 Å². The van der Waals surface area contributed by atoms with Crippen molar-refractivity contribution >= 4 is 21.8 Å². The largest absolute Gasteiger partial charge is 0.350 e. The van der Waals surface area contributed by atoms with Crippen LogP contribution in [0.4, 0.5) is 0 Å². The van der Waals surface area contributed by atoms with Crippen molar-refractivity contribution in [1.29, 1.82) is 0 Å². The van der Waals surface area contributed by atoms with Gasteiger partial charge in [0.05, 0.1) is 0 Å². The number of carbonyl (C=O) groups is 1. The summed E-state index contributed by atoms with van der Waals surface area (Å²) in [7, 11) is 0. The van der Waals surface area contributed by atoms with Crippen molar-refractivity contribution < 1.29 is 4.79 Å². The fraction of sp³-hybridized carbons (Fsp3) is 0.667. The van der Waals surface area contributed by atoms with Crippen LogP contribution in [0.25, 0.3) is 0 Å². The number of halogens is 1. The smallest absolute Gasteiger partial charge is 0.267 e. The molecule has 4 heteroatoms. The first kappa shape index (κ1) is 13.2. The third-order valence-corrected chi connectivity index (χ3v) is 4.99. The van der Waals surface area contributed by atoms with Gasteiger partial charge in [-0.05, 0) is 53.1 Å². The first-order valence-electron chi connectivity index (χ1n) is 7.30. The molecule has 104 valence electrons. The van der Waals surface area contributed by atoms with E-state index in [-0.39, 0.29) is 5.91 Å². The number of nitrogens with zero attached hydrogens (tertiary/aromatic N) is 1. The minimum Gasteiger partial charge on any atom is -0.350 e. The minimum absolute atomic E-state index is 0.0803. The van der Waals surface area contributed by atoms with Gasteiger partial charge in [0, 0.05) is 23.3 Å². The summed E-state index contributed by atoms with van der Waals surface area (Å²) >= 11 is 3.47. The van der Waals surface area contributed by atoms with Gasteiger partial charge in [0.15, 0.2) is 0 Å². The summed E-state index contributed by atoms with van der Waals surface area (Å²) in [5.41, 5.74) is 0.806. The van der Waals surface area contributed by atoms with E-state index in [1.165, 1.54) is 32.1 Å². The minimum atomic E-state index is 0.0803. The number of hydrogen-bond acceptors (Lipinski definition) is 1. The standard InChI is InChI=1S/C15H21BrN2O/c1-10-3-2-4-11(10)8-17-15(19)14-7-12(16)9-18(14)13-5-6-13/h7,9-11,13H,2-6,8H2,1H3,(H,17,19). The van der Waals surface area contributed by atoms with E-state index in [4.69, 9.17) is 0 Å². The van der Waals surface area contributed by atoms with Crippen LogP contribution in [0.15, 0.2) is 16.7 Å². The lowest BCUT2D eigenvalue weighted by molar-refractivity contribution is 0.0935. The zero-order chi connectivity index (χ0) is 13.4. The second-order valence-electron chi connectivity index (χ2n) is 6.06. The average molecular weight is 325 g/mol. The predicted octanol–water partition coefficient (Wildman–Crippen LogP) is 3.75. The van der Waals surface area contributed by atoms with E-state index in [0.29, 0.717) is 12.0 Å². The van der Waals surface area contributed by atoms with Crippen LogP contribution in [0.1, 0.15) is 55.6 Å². The predicted molar refractivity (Wildman–Crippen MR) is 79.2 cm³/mol. The molecule has 19 heavy (non-hydrogen) atoms. The monoisotopic (exact) mass is 324 g/mol. The Kier molecular flexibility index (Phi) is 3.70. The van der Waals surface area contributed by atoms with Gasteiger partial charge in [-0.25, -0.2) is 0 Å². The molecule has 2 fully saturated rings. The van der Waals surface area contributed by atoms with Gasteiger partial charge < -0.3 is 9.88 Å². The Morgan fingerprint density at radius 3 is 2.84 bits per heavy atom.